The summed E-state index contributed by atoms with van der Waals surface area (Å²) in [6, 6.07) is 0. The first-order valence-electron chi connectivity index (χ1n) is 4.57. The third-order valence-corrected chi connectivity index (χ3v) is 2.69. The lowest BCUT2D eigenvalue weighted by Gasteiger charge is -2.18. The third-order valence-electron chi connectivity index (χ3n) is 2.69. The molecule has 0 unspecified atom stereocenters. The Hall–Kier alpha value is -1.07. The van der Waals surface area contributed by atoms with E-state index in [-0.39, 0.29) is 25.7 Å². The first-order chi connectivity index (χ1) is 6.77. The zero-order valence-corrected chi connectivity index (χ0v) is 7.93. The van der Waals surface area contributed by atoms with Crippen molar-refractivity contribution in [2.45, 2.75) is 38.3 Å². The van der Waals surface area contributed by atoms with Crippen molar-refractivity contribution < 1.29 is 27.9 Å². The van der Waals surface area contributed by atoms with Crippen LogP contribution in [0.3, 0.4) is 0 Å². The number of rotatable bonds is 5. The smallest absolute Gasteiger partial charge is 0.394 e. The third kappa shape index (κ3) is 2.94. The summed E-state index contributed by atoms with van der Waals surface area (Å²) in [5.41, 5.74) is -1.71. The van der Waals surface area contributed by atoms with Gasteiger partial charge in [-0.2, -0.15) is 13.2 Å². The summed E-state index contributed by atoms with van der Waals surface area (Å²) in [5, 5.41) is 8.25. The molecule has 0 aromatic carbocycles. The highest BCUT2D eigenvalue weighted by Gasteiger charge is 2.62. The molecule has 0 aliphatic heterocycles. The van der Waals surface area contributed by atoms with E-state index in [9.17, 15) is 22.8 Å². The van der Waals surface area contributed by atoms with Crippen molar-refractivity contribution in [3.63, 3.8) is 0 Å². The van der Waals surface area contributed by atoms with Gasteiger partial charge in [-0.1, -0.05) is 0 Å². The molecule has 15 heavy (non-hydrogen) atoms. The van der Waals surface area contributed by atoms with Crippen molar-refractivity contribution in [3.05, 3.63) is 0 Å². The van der Waals surface area contributed by atoms with Gasteiger partial charge >= 0.3 is 12.1 Å². The second kappa shape index (κ2) is 3.83. The molecule has 86 valence electrons. The highest BCUT2D eigenvalue weighted by Crippen LogP contribution is 2.60. The van der Waals surface area contributed by atoms with Gasteiger partial charge in [-0.05, 0) is 19.3 Å². The van der Waals surface area contributed by atoms with Crippen LogP contribution in [0.2, 0.25) is 0 Å². The van der Waals surface area contributed by atoms with Crippen molar-refractivity contribution in [2.75, 3.05) is 0 Å². The normalized spacial score (nSPS) is 18.6. The molecule has 1 aliphatic rings. The highest BCUT2D eigenvalue weighted by molar-refractivity contribution is 5.94. The van der Waals surface area contributed by atoms with Crippen LogP contribution in [0.1, 0.15) is 32.1 Å². The minimum absolute atomic E-state index is 0.0524. The second-order valence-electron chi connectivity index (χ2n) is 3.89. The number of hydrogen-bond acceptors (Lipinski definition) is 2. The fraction of sp³-hybridized carbons (Fsp3) is 0.778. The standard InChI is InChI=1S/C9H11F3O3/c10-9(11,12)8(3-4-8)2-1-6(13)5-7(14)15/h1-5H2,(H,14,15). The zero-order valence-electron chi connectivity index (χ0n) is 7.93. The minimum atomic E-state index is -4.27. The van der Waals surface area contributed by atoms with Gasteiger partial charge in [0.25, 0.3) is 0 Å². The number of carbonyl (C=O) groups excluding carboxylic acids is 1. The number of carboxylic acid groups (broad SMARTS) is 1. The Labute approximate surface area is 84.3 Å². The van der Waals surface area contributed by atoms with Crippen LogP contribution in [-0.2, 0) is 9.59 Å². The fourth-order valence-electron chi connectivity index (χ4n) is 1.46. The molecule has 1 N–H and O–H groups in total. The largest absolute Gasteiger partial charge is 0.481 e. The van der Waals surface area contributed by atoms with Crippen LogP contribution >= 0.6 is 0 Å². The fourth-order valence-corrected chi connectivity index (χ4v) is 1.46. The number of carbonyl (C=O) groups is 2. The van der Waals surface area contributed by atoms with E-state index in [0.717, 1.165) is 0 Å². The lowest BCUT2D eigenvalue weighted by Crippen LogP contribution is -2.25. The molecule has 1 fully saturated rings. The van der Waals surface area contributed by atoms with Gasteiger partial charge in [-0.3, -0.25) is 9.59 Å². The van der Waals surface area contributed by atoms with Crippen molar-refractivity contribution >= 4 is 11.8 Å². The Bertz CT molecular complexity index is 279. The van der Waals surface area contributed by atoms with Crippen molar-refractivity contribution in [3.8, 4) is 0 Å². The predicted molar refractivity (Wildman–Crippen MR) is 44.2 cm³/mol. The molecule has 0 spiro atoms. The van der Waals surface area contributed by atoms with E-state index in [1.807, 2.05) is 0 Å². The van der Waals surface area contributed by atoms with Gasteiger partial charge in [0, 0.05) is 6.42 Å². The molecule has 0 saturated heterocycles. The summed E-state index contributed by atoms with van der Waals surface area (Å²) in [4.78, 5) is 21.0. The SMILES string of the molecule is O=C(O)CC(=O)CCC1(C(F)(F)F)CC1. The number of Topliss-reactive ketones (excluding diaryl/α,β-unsaturated/α-hetero) is 1. The molecule has 3 nitrogen and oxygen atoms in total. The van der Waals surface area contributed by atoms with Gasteiger partial charge < -0.3 is 5.11 Å². The van der Waals surface area contributed by atoms with Gasteiger partial charge in [0.15, 0.2) is 0 Å². The van der Waals surface area contributed by atoms with E-state index >= 15 is 0 Å². The van der Waals surface area contributed by atoms with Gasteiger partial charge in [0.1, 0.15) is 12.2 Å². The first kappa shape index (κ1) is 12.0. The van der Waals surface area contributed by atoms with E-state index in [1.165, 1.54) is 0 Å². The Balaban J connectivity index is 2.38. The number of ketones is 1. The van der Waals surface area contributed by atoms with E-state index in [2.05, 4.69) is 0 Å². The molecule has 1 saturated carbocycles. The summed E-state index contributed by atoms with van der Waals surface area (Å²) in [5.74, 6) is -1.94. The maximum absolute atomic E-state index is 12.4. The summed E-state index contributed by atoms with van der Waals surface area (Å²) in [6.45, 7) is 0. The molecule has 6 heteroatoms. The molecular formula is C9H11F3O3. The average molecular weight is 224 g/mol. The van der Waals surface area contributed by atoms with E-state index in [1.54, 1.807) is 0 Å². The molecule has 0 heterocycles. The number of hydrogen-bond donors (Lipinski definition) is 1. The summed E-state index contributed by atoms with van der Waals surface area (Å²) < 4.78 is 37.1. The van der Waals surface area contributed by atoms with E-state index in [0.29, 0.717) is 0 Å². The maximum Gasteiger partial charge on any atom is 0.394 e. The molecule has 0 amide bonds. The number of alkyl halides is 3. The number of carboxylic acids is 1. The van der Waals surface area contributed by atoms with Crippen LogP contribution in [0.4, 0.5) is 13.2 Å². The number of halogens is 3. The quantitative estimate of drug-likeness (QED) is 0.728. The minimum Gasteiger partial charge on any atom is -0.481 e. The molecule has 0 aromatic rings. The topological polar surface area (TPSA) is 54.4 Å². The lowest BCUT2D eigenvalue weighted by atomic mass is 9.97. The Morgan fingerprint density at radius 3 is 2.13 bits per heavy atom. The second-order valence-corrected chi connectivity index (χ2v) is 3.89. The van der Waals surface area contributed by atoms with Crippen LogP contribution in [0.15, 0.2) is 0 Å². The van der Waals surface area contributed by atoms with E-state index < -0.39 is 29.8 Å². The summed E-state index contributed by atoms with van der Waals surface area (Å²) in [7, 11) is 0. The van der Waals surface area contributed by atoms with Crippen LogP contribution < -0.4 is 0 Å². The molecule has 0 aromatic heterocycles. The number of aliphatic carboxylic acids is 1. The van der Waals surface area contributed by atoms with Gasteiger partial charge in [0.05, 0.1) is 5.41 Å². The average Bonchev–Trinajstić information content (AvgIpc) is 2.78. The highest BCUT2D eigenvalue weighted by atomic mass is 19.4. The van der Waals surface area contributed by atoms with Crippen LogP contribution in [-0.4, -0.2) is 23.0 Å². The van der Waals surface area contributed by atoms with Crippen molar-refractivity contribution in [1.82, 2.24) is 0 Å². The molecule has 0 atom stereocenters. The van der Waals surface area contributed by atoms with Crippen molar-refractivity contribution in [1.29, 1.82) is 0 Å². The maximum atomic E-state index is 12.4. The molecular weight excluding hydrogens is 213 g/mol. The van der Waals surface area contributed by atoms with Crippen LogP contribution in [0.25, 0.3) is 0 Å². The Kier molecular flexibility index (Phi) is 3.06. The summed E-state index contributed by atoms with van der Waals surface area (Å²) >= 11 is 0. The Morgan fingerprint density at radius 1 is 1.27 bits per heavy atom. The lowest BCUT2D eigenvalue weighted by molar-refractivity contribution is -0.189. The molecule has 1 rings (SSSR count). The monoisotopic (exact) mass is 224 g/mol. The van der Waals surface area contributed by atoms with Gasteiger partial charge in [0.2, 0.25) is 0 Å². The van der Waals surface area contributed by atoms with Gasteiger partial charge in [-0.15, -0.1) is 0 Å². The van der Waals surface area contributed by atoms with Crippen molar-refractivity contribution in [2.24, 2.45) is 5.41 Å². The van der Waals surface area contributed by atoms with Crippen LogP contribution in [0, 0.1) is 5.41 Å². The Morgan fingerprint density at radius 2 is 1.80 bits per heavy atom. The molecule has 1 aliphatic carbocycles. The van der Waals surface area contributed by atoms with E-state index in [4.69, 9.17) is 5.11 Å². The first-order valence-corrected chi connectivity index (χ1v) is 4.57. The van der Waals surface area contributed by atoms with Gasteiger partial charge in [-0.25, -0.2) is 0 Å². The zero-order chi connectivity index (χ0) is 11.7. The summed E-state index contributed by atoms with van der Waals surface area (Å²) in [6.07, 6.45) is -5.42. The molecule has 0 radical (unpaired) electrons. The van der Waals surface area contributed by atoms with Crippen LogP contribution in [0.5, 0.6) is 0 Å². The predicted octanol–water partition coefficient (Wildman–Crippen LogP) is 2.15. The molecule has 0 bridgehead atoms.